The minimum Gasteiger partial charge on any atom is -0.383 e. The number of ketones is 1. The van der Waals surface area contributed by atoms with Crippen LogP contribution >= 0.6 is 11.3 Å². The normalized spacial score (nSPS) is 19.1. The molecule has 0 bridgehead atoms. The second-order valence-electron chi connectivity index (χ2n) is 9.95. The first kappa shape index (κ1) is 25.7. The highest BCUT2D eigenvalue weighted by molar-refractivity contribution is 7.17. The van der Waals surface area contributed by atoms with E-state index in [1.54, 1.807) is 19.2 Å². The van der Waals surface area contributed by atoms with Crippen molar-refractivity contribution in [2.75, 3.05) is 51.8 Å². The lowest BCUT2D eigenvalue weighted by molar-refractivity contribution is 0.0771. The smallest absolute Gasteiger partial charge is 0.333 e. The van der Waals surface area contributed by atoms with Crippen LogP contribution in [0.4, 0.5) is 10.5 Å². The summed E-state index contributed by atoms with van der Waals surface area (Å²) in [5.74, 6) is -0.207. The second kappa shape index (κ2) is 10.9. The van der Waals surface area contributed by atoms with Crippen LogP contribution in [-0.2, 0) is 4.74 Å². The maximum Gasteiger partial charge on any atom is 0.333 e. The molecule has 2 fully saturated rings. The molecule has 11 nitrogen and oxygen atoms in total. The molecule has 1 atom stereocenters. The van der Waals surface area contributed by atoms with E-state index in [-0.39, 0.29) is 17.7 Å². The molecule has 204 valence electrons. The largest absolute Gasteiger partial charge is 0.383 e. The monoisotopic (exact) mass is 549 g/mol. The number of urea groups is 1. The molecule has 3 aromatic rings. The van der Waals surface area contributed by atoms with Crippen molar-refractivity contribution in [1.29, 1.82) is 0 Å². The second-order valence-corrected chi connectivity index (χ2v) is 11.0. The molecule has 2 saturated heterocycles. The molecule has 4 heterocycles. The standard InChI is InChI=1S/C27H31N7O4S/c1-38-15-16-5-3-13-34(16)32-27(37)29-18-7-2-6-17-21(18)25(35)22-23(17)30-31-24(22)19-8-9-20(39-19)26(36)33-12-4-10-28-11-14-33/h2,6-9,16,28H,3-5,10-15H2,1H3,(H,30,31)(H2,29,32,37)/t16-/m1/s1. The topological polar surface area (TPSA) is 132 Å². The molecular formula is C27H31N7O4S. The molecule has 0 radical (unpaired) electrons. The zero-order valence-electron chi connectivity index (χ0n) is 21.7. The van der Waals surface area contributed by atoms with Gasteiger partial charge in [-0.05, 0) is 44.0 Å². The molecule has 39 heavy (non-hydrogen) atoms. The third-order valence-electron chi connectivity index (χ3n) is 7.46. The van der Waals surface area contributed by atoms with E-state index >= 15 is 0 Å². The number of rotatable bonds is 6. The van der Waals surface area contributed by atoms with E-state index in [1.165, 1.54) is 11.3 Å². The maximum absolute atomic E-state index is 13.7. The van der Waals surface area contributed by atoms with E-state index in [1.807, 2.05) is 28.1 Å². The number of aromatic nitrogens is 2. The highest BCUT2D eigenvalue weighted by Gasteiger charge is 2.36. The van der Waals surface area contributed by atoms with E-state index in [0.29, 0.717) is 51.8 Å². The Morgan fingerprint density at radius 2 is 2.03 bits per heavy atom. The number of hydrazine groups is 1. The van der Waals surface area contributed by atoms with Crippen LogP contribution in [0.3, 0.4) is 0 Å². The van der Waals surface area contributed by atoms with Crippen LogP contribution in [0.25, 0.3) is 21.8 Å². The van der Waals surface area contributed by atoms with Crippen molar-refractivity contribution < 1.29 is 19.1 Å². The minimum absolute atomic E-state index is 0.00367. The summed E-state index contributed by atoms with van der Waals surface area (Å²) in [5, 5.41) is 15.5. The molecule has 6 rings (SSSR count). The van der Waals surface area contributed by atoms with E-state index < -0.39 is 6.03 Å². The number of amides is 3. The zero-order valence-corrected chi connectivity index (χ0v) is 22.5. The summed E-state index contributed by atoms with van der Waals surface area (Å²) in [7, 11) is 1.65. The highest BCUT2D eigenvalue weighted by atomic mass is 32.1. The lowest BCUT2D eigenvalue weighted by Crippen LogP contribution is -2.48. The first-order chi connectivity index (χ1) is 19.0. The summed E-state index contributed by atoms with van der Waals surface area (Å²) in [6.07, 6.45) is 2.84. The van der Waals surface area contributed by atoms with Gasteiger partial charge in [0.2, 0.25) is 0 Å². The number of hydrogen-bond acceptors (Lipinski definition) is 8. The third-order valence-corrected chi connectivity index (χ3v) is 8.55. The predicted octanol–water partition coefficient (Wildman–Crippen LogP) is 2.93. The van der Waals surface area contributed by atoms with E-state index in [0.717, 1.165) is 50.3 Å². The van der Waals surface area contributed by atoms with Crippen LogP contribution in [-0.4, -0.2) is 90.3 Å². The third kappa shape index (κ3) is 4.84. The van der Waals surface area contributed by atoms with Gasteiger partial charge < -0.3 is 20.3 Å². The molecule has 0 spiro atoms. The van der Waals surface area contributed by atoms with Gasteiger partial charge in [-0.25, -0.2) is 9.80 Å². The summed E-state index contributed by atoms with van der Waals surface area (Å²) >= 11 is 1.35. The Bertz CT molecular complexity index is 1410. The van der Waals surface area contributed by atoms with E-state index in [2.05, 4.69) is 26.3 Å². The fourth-order valence-corrected chi connectivity index (χ4v) is 6.56. The average Bonchev–Trinajstić information content (AvgIpc) is 3.69. The highest BCUT2D eigenvalue weighted by Crippen LogP contribution is 2.44. The summed E-state index contributed by atoms with van der Waals surface area (Å²) in [6, 6.07) is 8.74. The molecule has 0 unspecified atom stereocenters. The van der Waals surface area contributed by atoms with Crippen molar-refractivity contribution in [3.05, 3.63) is 46.3 Å². The molecule has 3 amide bonds. The van der Waals surface area contributed by atoms with Crippen molar-refractivity contribution in [3.8, 4) is 21.8 Å². The van der Waals surface area contributed by atoms with Gasteiger partial charge in [0.05, 0.1) is 44.9 Å². The zero-order chi connectivity index (χ0) is 26.9. The fraction of sp³-hybridized carbons (Fsp3) is 0.407. The van der Waals surface area contributed by atoms with Gasteiger partial charge >= 0.3 is 6.03 Å². The minimum atomic E-state index is -0.407. The Labute approximate surface area is 229 Å². The van der Waals surface area contributed by atoms with Crippen LogP contribution in [0, 0.1) is 0 Å². The lowest BCUT2D eigenvalue weighted by Gasteiger charge is -2.24. The van der Waals surface area contributed by atoms with Crippen molar-refractivity contribution in [1.82, 2.24) is 30.8 Å². The van der Waals surface area contributed by atoms with Gasteiger partial charge in [0.1, 0.15) is 5.69 Å². The van der Waals surface area contributed by atoms with Crippen LogP contribution in [0.1, 0.15) is 44.9 Å². The molecule has 2 aromatic heterocycles. The molecule has 2 aliphatic heterocycles. The number of fused-ring (bicyclic) bond motifs is 3. The molecule has 12 heteroatoms. The van der Waals surface area contributed by atoms with Crippen molar-refractivity contribution in [2.24, 2.45) is 0 Å². The quantitative estimate of drug-likeness (QED) is 0.291. The number of carbonyl (C=O) groups excluding carboxylic acids is 3. The first-order valence-corrected chi connectivity index (χ1v) is 14.1. The number of carbonyl (C=O) groups is 3. The van der Waals surface area contributed by atoms with E-state index in [9.17, 15) is 14.4 Å². The molecule has 1 aromatic carbocycles. The Hall–Kier alpha value is -3.58. The fourth-order valence-electron chi connectivity index (χ4n) is 5.58. The Balaban J connectivity index is 1.21. The Kier molecular flexibility index (Phi) is 7.17. The first-order valence-electron chi connectivity index (χ1n) is 13.2. The van der Waals surface area contributed by atoms with Gasteiger partial charge in [-0.1, -0.05) is 12.1 Å². The molecular weight excluding hydrogens is 518 g/mol. The van der Waals surface area contributed by atoms with Gasteiger partial charge in [-0.2, -0.15) is 5.10 Å². The number of thiophene rings is 1. The number of aromatic amines is 1. The molecule has 3 aliphatic rings. The van der Waals surface area contributed by atoms with Crippen molar-refractivity contribution >= 4 is 34.7 Å². The number of ether oxygens (including phenoxy) is 1. The number of hydrogen-bond donors (Lipinski definition) is 4. The summed E-state index contributed by atoms with van der Waals surface area (Å²) in [4.78, 5) is 43.0. The number of anilines is 1. The summed E-state index contributed by atoms with van der Waals surface area (Å²) < 4.78 is 5.26. The van der Waals surface area contributed by atoms with Crippen LogP contribution < -0.4 is 16.1 Å². The molecule has 0 saturated carbocycles. The lowest BCUT2D eigenvalue weighted by atomic mass is 10.1. The van der Waals surface area contributed by atoms with Crippen LogP contribution in [0.5, 0.6) is 0 Å². The van der Waals surface area contributed by atoms with Gasteiger partial charge in [-0.15, -0.1) is 11.3 Å². The SMILES string of the molecule is COC[C@H]1CCCN1NC(=O)Nc1cccc2c1C(=O)c1c-2n[nH]c1-c1ccc(C(=O)N2CCCNCC2)s1. The summed E-state index contributed by atoms with van der Waals surface area (Å²) in [6.45, 7) is 4.37. The number of H-pyrrole nitrogens is 1. The van der Waals surface area contributed by atoms with Gasteiger partial charge in [0, 0.05) is 38.9 Å². The van der Waals surface area contributed by atoms with Gasteiger partial charge in [0.25, 0.3) is 5.91 Å². The van der Waals surface area contributed by atoms with E-state index in [4.69, 9.17) is 4.74 Å². The van der Waals surface area contributed by atoms with Gasteiger partial charge in [0.15, 0.2) is 5.78 Å². The van der Waals surface area contributed by atoms with Gasteiger partial charge in [-0.3, -0.25) is 20.1 Å². The summed E-state index contributed by atoms with van der Waals surface area (Å²) in [5.41, 5.74) is 6.00. The average molecular weight is 550 g/mol. The predicted molar refractivity (Wildman–Crippen MR) is 148 cm³/mol. The maximum atomic E-state index is 13.7. The number of nitrogens with one attached hydrogen (secondary N) is 4. The Morgan fingerprint density at radius 3 is 2.90 bits per heavy atom. The van der Waals surface area contributed by atoms with Crippen molar-refractivity contribution in [2.45, 2.75) is 25.3 Å². The Morgan fingerprint density at radius 1 is 1.13 bits per heavy atom. The molecule has 1 aliphatic carbocycles. The van der Waals surface area contributed by atoms with Crippen LogP contribution in [0.15, 0.2) is 30.3 Å². The van der Waals surface area contributed by atoms with Crippen molar-refractivity contribution in [3.63, 3.8) is 0 Å². The van der Waals surface area contributed by atoms with Crippen LogP contribution in [0.2, 0.25) is 0 Å². The number of nitrogens with zero attached hydrogens (tertiary/aromatic N) is 3. The number of benzene rings is 1. The number of methoxy groups -OCH3 is 1. The molecule has 4 N–H and O–H groups in total.